The summed E-state index contributed by atoms with van der Waals surface area (Å²) in [6.45, 7) is 0. The standard InChI is InChI=1S/C11H7NO.C3H3NO/c1-2-4-9-8(3-1)5-6-10-11(9)12-7-13-10;1-2-4-5-3-1/h1-7H;1-3H. The first kappa shape index (κ1) is 10.5. The molecule has 0 fully saturated rings. The fourth-order valence-corrected chi connectivity index (χ4v) is 1.77. The van der Waals surface area contributed by atoms with Crippen molar-refractivity contribution in [2.24, 2.45) is 0 Å². The molecule has 2 heterocycles. The van der Waals surface area contributed by atoms with Gasteiger partial charge in [-0.2, -0.15) is 0 Å². The van der Waals surface area contributed by atoms with E-state index in [0.717, 1.165) is 16.5 Å². The molecule has 0 spiro atoms. The summed E-state index contributed by atoms with van der Waals surface area (Å²) in [5.74, 6) is 0. The Bertz CT molecular complexity index is 727. The monoisotopic (exact) mass is 238 g/mol. The summed E-state index contributed by atoms with van der Waals surface area (Å²) in [6.07, 6.45) is 4.58. The van der Waals surface area contributed by atoms with E-state index in [2.05, 4.69) is 26.8 Å². The van der Waals surface area contributed by atoms with Gasteiger partial charge >= 0.3 is 0 Å². The van der Waals surface area contributed by atoms with Crippen LogP contribution in [0, 0.1) is 0 Å². The highest BCUT2D eigenvalue weighted by molar-refractivity contribution is 6.03. The molecule has 2 aromatic carbocycles. The van der Waals surface area contributed by atoms with Gasteiger partial charge in [-0.3, -0.25) is 0 Å². The Morgan fingerprint density at radius 3 is 2.67 bits per heavy atom. The van der Waals surface area contributed by atoms with Crippen molar-refractivity contribution in [3.05, 3.63) is 61.3 Å². The number of hydrogen-bond acceptors (Lipinski definition) is 4. The number of fused-ring (bicyclic) bond motifs is 3. The molecular formula is C14H10N2O2. The fraction of sp³-hybridized carbons (Fsp3) is 0. The quantitative estimate of drug-likeness (QED) is 0.469. The number of rotatable bonds is 0. The lowest BCUT2D eigenvalue weighted by molar-refractivity contribution is 0.420. The zero-order valence-electron chi connectivity index (χ0n) is 9.48. The van der Waals surface area contributed by atoms with Crippen molar-refractivity contribution < 1.29 is 8.94 Å². The largest absolute Gasteiger partial charge is 0.443 e. The molecule has 0 amide bonds. The Morgan fingerprint density at radius 1 is 0.944 bits per heavy atom. The number of benzene rings is 2. The van der Waals surface area contributed by atoms with Crippen LogP contribution in [0.15, 0.2) is 70.3 Å². The maximum Gasteiger partial charge on any atom is 0.182 e. The number of nitrogens with zero attached hydrogens (tertiary/aromatic N) is 2. The van der Waals surface area contributed by atoms with Crippen LogP contribution in [-0.2, 0) is 0 Å². The topological polar surface area (TPSA) is 52.1 Å². The van der Waals surface area contributed by atoms with Crippen molar-refractivity contribution in [1.82, 2.24) is 10.1 Å². The minimum absolute atomic E-state index is 0.846. The normalized spacial score (nSPS) is 10.2. The Hall–Kier alpha value is -2.62. The van der Waals surface area contributed by atoms with Gasteiger partial charge in [-0.25, -0.2) is 4.98 Å². The SMILES string of the molecule is c1ccc2c(c1)ccc1ocnc12.c1cnoc1. The lowest BCUT2D eigenvalue weighted by atomic mass is 10.1. The summed E-state index contributed by atoms with van der Waals surface area (Å²) in [5, 5.41) is 5.69. The molecule has 0 unspecified atom stereocenters. The van der Waals surface area contributed by atoms with Gasteiger partial charge in [0.25, 0.3) is 0 Å². The highest BCUT2D eigenvalue weighted by atomic mass is 16.5. The third-order valence-electron chi connectivity index (χ3n) is 2.57. The Morgan fingerprint density at radius 2 is 1.89 bits per heavy atom. The van der Waals surface area contributed by atoms with Crippen LogP contribution in [-0.4, -0.2) is 10.1 Å². The molecule has 0 aliphatic rings. The Labute approximate surface area is 103 Å². The summed E-state index contributed by atoms with van der Waals surface area (Å²) >= 11 is 0. The van der Waals surface area contributed by atoms with Gasteiger partial charge in [0.2, 0.25) is 0 Å². The van der Waals surface area contributed by atoms with Gasteiger partial charge in [0.05, 0.1) is 6.20 Å². The van der Waals surface area contributed by atoms with Gasteiger partial charge in [-0.15, -0.1) is 0 Å². The minimum atomic E-state index is 0.846. The summed E-state index contributed by atoms with van der Waals surface area (Å²) in [7, 11) is 0. The molecule has 4 nitrogen and oxygen atoms in total. The average molecular weight is 238 g/mol. The van der Waals surface area contributed by atoms with E-state index in [1.165, 1.54) is 18.0 Å². The predicted molar refractivity (Wildman–Crippen MR) is 68.0 cm³/mol. The second-order valence-corrected chi connectivity index (χ2v) is 3.67. The maximum atomic E-state index is 5.21. The van der Waals surface area contributed by atoms with E-state index < -0.39 is 0 Å². The van der Waals surface area contributed by atoms with E-state index in [1.54, 1.807) is 12.3 Å². The van der Waals surface area contributed by atoms with Crippen molar-refractivity contribution in [2.45, 2.75) is 0 Å². The molecule has 0 N–H and O–H groups in total. The first-order chi connectivity index (χ1) is 8.95. The molecule has 0 aliphatic carbocycles. The number of oxazole rings is 1. The van der Waals surface area contributed by atoms with E-state index in [-0.39, 0.29) is 0 Å². The lowest BCUT2D eigenvalue weighted by Gasteiger charge is -1.95. The van der Waals surface area contributed by atoms with Crippen LogP contribution in [0.2, 0.25) is 0 Å². The van der Waals surface area contributed by atoms with Gasteiger partial charge in [-0.1, -0.05) is 35.5 Å². The first-order valence-corrected chi connectivity index (χ1v) is 5.50. The van der Waals surface area contributed by atoms with Crippen LogP contribution in [0.4, 0.5) is 0 Å². The number of hydrogen-bond donors (Lipinski definition) is 0. The third-order valence-corrected chi connectivity index (χ3v) is 2.57. The van der Waals surface area contributed by atoms with Crippen LogP contribution in [0.1, 0.15) is 0 Å². The zero-order valence-corrected chi connectivity index (χ0v) is 9.48. The van der Waals surface area contributed by atoms with Crippen molar-refractivity contribution in [1.29, 1.82) is 0 Å². The second-order valence-electron chi connectivity index (χ2n) is 3.67. The molecule has 0 aliphatic heterocycles. The van der Waals surface area contributed by atoms with Gasteiger partial charge in [-0.05, 0) is 17.5 Å². The molecule has 0 atom stereocenters. The molecule has 0 bridgehead atoms. The van der Waals surface area contributed by atoms with Crippen molar-refractivity contribution in [3.8, 4) is 0 Å². The second kappa shape index (κ2) is 4.71. The average Bonchev–Trinajstić information content (AvgIpc) is 3.12. The van der Waals surface area contributed by atoms with E-state index >= 15 is 0 Å². The Kier molecular flexibility index (Phi) is 2.75. The molecule has 88 valence electrons. The van der Waals surface area contributed by atoms with Crippen LogP contribution in [0.25, 0.3) is 21.9 Å². The van der Waals surface area contributed by atoms with E-state index in [9.17, 15) is 0 Å². The summed E-state index contributed by atoms with van der Waals surface area (Å²) in [5.41, 5.74) is 1.79. The van der Waals surface area contributed by atoms with Crippen molar-refractivity contribution in [2.75, 3.05) is 0 Å². The molecule has 0 saturated heterocycles. The van der Waals surface area contributed by atoms with Crippen molar-refractivity contribution in [3.63, 3.8) is 0 Å². The summed E-state index contributed by atoms with van der Waals surface area (Å²) < 4.78 is 9.55. The zero-order chi connectivity index (χ0) is 12.2. The van der Waals surface area contributed by atoms with Gasteiger partial charge in [0, 0.05) is 5.39 Å². The van der Waals surface area contributed by atoms with Gasteiger partial charge in [0.15, 0.2) is 12.0 Å². The first-order valence-electron chi connectivity index (χ1n) is 5.50. The molecule has 18 heavy (non-hydrogen) atoms. The van der Waals surface area contributed by atoms with Gasteiger partial charge in [0.1, 0.15) is 11.8 Å². The highest BCUT2D eigenvalue weighted by Gasteiger charge is 2.01. The van der Waals surface area contributed by atoms with Crippen molar-refractivity contribution >= 4 is 21.9 Å². The highest BCUT2D eigenvalue weighted by Crippen LogP contribution is 2.23. The molecule has 0 radical (unpaired) electrons. The van der Waals surface area contributed by atoms with Crippen LogP contribution < -0.4 is 0 Å². The van der Waals surface area contributed by atoms with E-state index in [1.807, 2.05) is 24.3 Å². The smallest absolute Gasteiger partial charge is 0.182 e. The molecular weight excluding hydrogens is 228 g/mol. The minimum Gasteiger partial charge on any atom is -0.443 e. The third kappa shape index (κ3) is 1.96. The van der Waals surface area contributed by atoms with Crippen LogP contribution >= 0.6 is 0 Å². The Balaban J connectivity index is 0.000000169. The molecule has 4 heteroatoms. The molecule has 4 rings (SSSR count). The maximum absolute atomic E-state index is 5.21. The lowest BCUT2D eigenvalue weighted by Crippen LogP contribution is -1.73. The predicted octanol–water partition coefficient (Wildman–Crippen LogP) is 3.66. The summed E-state index contributed by atoms with van der Waals surface area (Å²) in [4.78, 5) is 4.18. The molecule has 0 saturated carbocycles. The van der Waals surface area contributed by atoms with E-state index in [0.29, 0.717) is 0 Å². The van der Waals surface area contributed by atoms with Gasteiger partial charge < -0.3 is 8.94 Å². The number of aromatic nitrogens is 2. The van der Waals surface area contributed by atoms with E-state index in [4.69, 9.17) is 4.42 Å². The van der Waals surface area contributed by atoms with Crippen LogP contribution in [0.5, 0.6) is 0 Å². The molecule has 4 aromatic rings. The fourth-order valence-electron chi connectivity index (χ4n) is 1.77. The van der Waals surface area contributed by atoms with Crippen LogP contribution in [0.3, 0.4) is 0 Å². The molecule has 2 aromatic heterocycles. The summed E-state index contributed by atoms with van der Waals surface area (Å²) in [6, 6.07) is 13.9.